The van der Waals surface area contributed by atoms with E-state index < -0.39 is 7.60 Å². The van der Waals surface area contributed by atoms with Crippen molar-refractivity contribution >= 4 is 19.3 Å². The van der Waals surface area contributed by atoms with Crippen molar-refractivity contribution in [1.82, 2.24) is 4.98 Å². The third-order valence-electron chi connectivity index (χ3n) is 2.20. The minimum Gasteiger partial charge on any atom is -0.311 e. The zero-order valence-corrected chi connectivity index (χ0v) is 12.1. The van der Waals surface area contributed by atoms with E-state index in [9.17, 15) is 9.36 Å². The summed E-state index contributed by atoms with van der Waals surface area (Å²) in [6.45, 7) is 4.05. The molecule has 0 aliphatic carbocycles. The van der Waals surface area contributed by atoms with Gasteiger partial charge in [0, 0.05) is 12.6 Å². The molecule has 106 valence electrons. The van der Waals surface area contributed by atoms with Gasteiger partial charge in [0.15, 0.2) is 0 Å². The molecule has 0 aliphatic rings. The van der Waals surface area contributed by atoms with Crippen molar-refractivity contribution in [3.05, 3.63) is 24.4 Å². The highest BCUT2D eigenvalue weighted by molar-refractivity contribution is 7.53. The van der Waals surface area contributed by atoms with Gasteiger partial charge in [-0.25, -0.2) is 4.98 Å². The Labute approximate surface area is 113 Å². The minimum atomic E-state index is -3.16. The minimum absolute atomic E-state index is 0.0628. The number of nitrogens with one attached hydrogen (secondary N) is 1. The summed E-state index contributed by atoms with van der Waals surface area (Å²) in [5, 5.41) is 2.62. The highest BCUT2D eigenvalue weighted by Crippen LogP contribution is 2.48. The predicted octanol–water partition coefficient (Wildman–Crippen LogP) is 2.68. The lowest BCUT2D eigenvalue weighted by Crippen LogP contribution is -2.15. The van der Waals surface area contributed by atoms with Crippen LogP contribution in [-0.4, -0.2) is 30.3 Å². The van der Waals surface area contributed by atoms with Gasteiger partial charge in [-0.15, -0.1) is 0 Å². The van der Waals surface area contributed by atoms with E-state index >= 15 is 0 Å². The molecule has 19 heavy (non-hydrogen) atoms. The summed E-state index contributed by atoms with van der Waals surface area (Å²) in [4.78, 5) is 15.7. The number of amides is 1. The molecule has 7 heteroatoms. The van der Waals surface area contributed by atoms with Crippen LogP contribution in [0.25, 0.3) is 0 Å². The maximum atomic E-state index is 12.1. The second-order valence-electron chi connectivity index (χ2n) is 3.68. The molecule has 1 heterocycles. The fourth-order valence-electron chi connectivity index (χ4n) is 1.44. The Morgan fingerprint density at radius 3 is 2.53 bits per heavy atom. The lowest BCUT2D eigenvalue weighted by molar-refractivity contribution is -0.115. The van der Waals surface area contributed by atoms with Gasteiger partial charge in [0.2, 0.25) is 5.91 Å². The fourth-order valence-corrected chi connectivity index (χ4v) is 3.04. The molecule has 0 spiro atoms. The number of hydrogen-bond acceptors (Lipinski definition) is 5. The van der Waals surface area contributed by atoms with Crippen molar-refractivity contribution in [1.29, 1.82) is 0 Å². The first kappa shape index (κ1) is 15.8. The normalized spacial score (nSPS) is 11.3. The van der Waals surface area contributed by atoms with Crippen LogP contribution >= 0.6 is 7.60 Å². The Kier molecular flexibility index (Phi) is 6.70. The number of carbonyl (C=O) groups excluding carboxylic acids is 1. The number of aromatic nitrogens is 1. The first-order chi connectivity index (χ1) is 9.09. The average molecular weight is 286 g/mol. The summed E-state index contributed by atoms with van der Waals surface area (Å²) in [7, 11) is -3.16. The van der Waals surface area contributed by atoms with E-state index in [1.165, 1.54) is 0 Å². The van der Waals surface area contributed by atoms with E-state index in [0.717, 1.165) is 0 Å². The van der Waals surface area contributed by atoms with E-state index in [0.29, 0.717) is 19.0 Å². The van der Waals surface area contributed by atoms with Gasteiger partial charge in [-0.2, -0.15) is 0 Å². The summed E-state index contributed by atoms with van der Waals surface area (Å²) in [6, 6.07) is 5.21. The van der Waals surface area contributed by atoms with Crippen molar-refractivity contribution in [2.75, 3.05) is 24.7 Å². The van der Waals surface area contributed by atoms with Crippen LogP contribution < -0.4 is 5.32 Å². The molecule has 0 radical (unpaired) electrons. The Hall–Kier alpha value is -1.23. The van der Waals surface area contributed by atoms with E-state index in [-0.39, 0.29) is 18.5 Å². The predicted molar refractivity (Wildman–Crippen MR) is 73.2 cm³/mol. The molecule has 0 saturated carbocycles. The maximum absolute atomic E-state index is 12.1. The summed E-state index contributed by atoms with van der Waals surface area (Å²) in [6.07, 6.45) is 1.71. The Bertz CT molecular complexity index is 429. The van der Waals surface area contributed by atoms with Crippen LogP contribution in [0.2, 0.25) is 0 Å². The van der Waals surface area contributed by atoms with Crippen molar-refractivity contribution in [3.8, 4) is 0 Å². The molecule has 1 aromatic rings. The van der Waals surface area contributed by atoms with Gasteiger partial charge < -0.3 is 14.4 Å². The zero-order chi connectivity index (χ0) is 14.1. The highest BCUT2D eigenvalue weighted by Gasteiger charge is 2.24. The lowest BCUT2D eigenvalue weighted by Gasteiger charge is -2.16. The molecule has 1 N–H and O–H groups in total. The second kappa shape index (κ2) is 8.04. The van der Waals surface area contributed by atoms with Crippen LogP contribution in [0.4, 0.5) is 5.82 Å². The zero-order valence-electron chi connectivity index (χ0n) is 11.2. The SMILES string of the molecule is CCOP(=O)(CCC(=O)Nc1ccccn1)OCC. The Morgan fingerprint density at radius 2 is 2.00 bits per heavy atom. The van der Waals surface area contributed by atoms with Crippen molar-refractivity contribution in [2.24, 2.45) is 0 Å². The monoisotopic (exact) mass is 286 g/mol. The number of pyridine rings is 1. The summed E-state index contributed by atoms with van der Waals surface area (Å²) in [5.74, 6) is 0.202. The smallest absolute Gasteiger partial charge is 0.311 e. The van der Waals surface area contributed by atoms with E-state index in [2.05, 4.69) is 10.3 Å². The van der Waals surface area contributed by atoms with Crippen molar-refractivity contribution in [2.45, 2.75) is 20.3 Å². The molecular weight excluding hydrogens is 267 g/mol. The maximum Gasteiger partial charge on any atom is 0.331 e. The number of hydrogen-bond donors (Lipinski definition) is 1. The average Bonchev–Trinajstić information content (AvgIpc) is 2.38. The molecule has 0 atom stereocenters. The molecule has 6 nitrogen and oxygen atoms in total. The molecule has 1 amide bonds. The third kappa shape index (κ3) is 5.96. The van der Waals surface area contributed by atoms with Crippen LogP contribution in [-0.2, 0) is 18.4 Å². The highest BCUT2D eigenvalue weighted by atomic mass is 31.2. The molecule has 0 fully saturated rings. The summed E-state index contributed by atoms with van der Waals surface area (Å²) in [5.41, 5.74) is 0. The first-order valence-corrected chi connectivity index (χ1v) is 7.91. The standard InChI is InChI=1S/C12H19N2O4P/c1-3-17-19(16,18-4-2)10-8-12(15)14-11-7-5-6-9-13-11/h5-7,9H,3-4,8,10H2,1-2H3,(H,13,14,15). The van der Waals surface area contributed by atoms with Gasteiger partial charge in [0.05, 0.1) is 19.4 Å². The molecule has 0 aliphatic heterocycles. The summed E-state index contributed by atoms with van der Waals surface area (Å²) >= 11 is 0. The van der Waals surface area contributed by atoms with Crippen LogP contribution in [0.1, 0.15) is 20.3 Å². The largest absolute Gasteiger partial charge is 0.331 e. The molecule has 0 saturated heterocycles. The number of rotatable bonds is 8. The van der Waals surface area contributed by atoms with Crippen molar-refractivity contribution in [3.63, 3.8) is 0 Å². The topological polar surface area (TPSA) is 77.5 Å². The van der Waals surface area contributed by atoms with Gasteiger partial charge >= 0.3 is 7.60 Å². The van der Waals surface area contributed by atoms with Gasteiger partial charge in [-0.05, 0) is 26.0 Å². The van der Waals surface area contributed by atoms with E-state index in [1.807, 2.05) is 0 Å². The first-order valence-electron chi connectivity index (χ1n) is 6.18. The molecule has 0 bridgehead atoms. The van der Waals surface area contributed by atoms with Crippen LogP contribution in [0.3, 0.4) is 0 Å². The lowest BCUT2D eigenvalue weighted by atomic mass is 10.4. The molecule has 0 unspecified atom stereocenters. The second-order valence-corrected chi connectivity index (χ2v) is 5.87. The number of anilines is 1. The van der Waals surface area contributed by atoms with Gasteiger partial charge in [-0.3, -0.25) is 9.36 Å². The van der Waals surface area contributed by atoms with Gasteiger partial charge in [-0.1, -0.05) is 6.07 Å². The van der Waals surface area contributed by atoms with Gasteiger partial charge in [0.25, 0.3) is 0 Å². The molecule has 1 rings (SSSR count). The van der Waals surface area contributed by atoms with Crippen LogP contribution in [0.5, 0.6) is 0 Å². The third-order valence-corrected chi connectivity index (χ3v) is 4.27. The van der Waals surface area contributed by atoms with Crippen molar-refractivity contribution < 1.29 is 18.4 Å². The molecule has 0 aromatic carbocycles. The van der Waals surface area contributed by atoms with Crippen LogP contribution in [0, 0.1) is 0 Å². The van der Waals surface area contributed by atoms with E-state index in [4.69, 9.17) is 9.05 Å². The fraction of sp³-hybridized carbons (Fsp3) is 0.500. The Balaban J connectivity index is 2.46. The van der Waals surface area contributed by atoms with Gasteiger partial charge in [0.1, 0.15) is 5.82 Å². The summed E-state index contributed by atoms with van der Waals surface area (Å²) < 4.78 is 22.3. The number of nitrogens with zero attached hydrogens (tertiary/aromatic N) is 1. The Morgan fingerprint density at radius 1 is 1.32 bits per heavy atom. The molecule has 1 aromatic heterocycles. The molecular formula is C12H19N2O4P. The quantitative estimate of drug-likeness (QED) is 0.743. The van der Waals surface area contributed by atoms with Crippen LogP contribution in [0.15, 0.2) is 24.4 Å². The number of carbonyl (C=O) groups is 1. The van der Waals surface area contributed by atoms with E-state index in [1.54, 1.807) is 38.2 Å².